The van der Waals surface area contributed by atoms with Crippen LogP contribution in [0.15, 0.2) is 91.0 Å². The highest BCUT2D eigenvalue weighted by Crippen LogP contribution is 2.46. The molecule has 0 spiro atoms. The summed E-state index contributed by atoms with van der Waals surface area (Å²) in [6, 6.07) is 30.6. The van der Waals surface area contributed by atoms with Gasteiger partial charge >= 0.3 is 5.97 Å². The molecule has 9 heteroatoms. The minimum Gasteiger partial charge on any atom is -0.466 e. The molecule has 50 heavy (non-hydrogen) atoms. The van der Waals surface area contributed by atoms with Gasteiger partial charge < -0.3 is 37.9 Å². The highest BCUT2D eigenvalue weighted by Gasteiger charge is 2.57. The Hall–Kier alpha value is -3.15. The minimum absolute atomic E-state index is 0.197. The predicted molar refractivity (Wildman–Crippen MR) is 185 cm³/mol. The molecule has 9 nitrogen and oxygen atoms in total. The van der Waals surface area contributed by atoms with Crippen molar-refractivity contribution in [2.45, 2.75) is 126 Å². The van der Waals surface area contributed by atoms with Crippen LogP contribution < -0.4 is 0 Å². The third-order valence-corrected chi connectivity index (χ3v) is 10.4. The monoisotopic (exact) mass is 686 g/mol. The molecular formula is C41H50O9. The van der Waals surface area contributed by atoms with E-state index in [1.54, 1.807) is 0 Å². The number of rotatable bonds is 13. The first-order valence-corrected chi connectivity index (χ1v) is 18.2. The van der Waals surface area contributed by atoms with Crippen molar-refractivity contribution in [2.24, 2.45) is 0 Å². The van der Waals surface area contributed by atoms with Gasteiger partial charge in [-0.3, -0.25) is 4.79 Å². The van der Waals surface area contributed by atoms with Gasteiger partial charge in [0, 0.05) is 25.7 Å². The lowest BCUT2D eigenvalue weighted by Crippen LogP contribution is -2.60. The SMILES string of the molecule is CCOC(=O)C[C@H]1C[C@]2(C)O[C@@H]3C[C@@H]4O[C@H](COCc5ccccc5)[C@@H](OCc5ccccc5)C[C@H]4O[C@H]3[C@@H](OCc3ccccc3)C[C@H]2O1. The summed E-state index contributed by atoms with van der Waals surface area (Å²) in [5.74, 6) is -0.253. The number of ether oxygens (including phenoxy) is 8. The average molecular weight is 687 g/mol. The standard InChI is InChI=1S/C41H50O9/c1-3-44-39(42)19-31-23-41(2)38(47-31)22-35(46-26-30-17-11-6-12-18-30)40-36(50-41)21-33-34(49-40)20-32(45-25-29-15-9-5-10-16-29)37(48-33)27-43-24-28-13-7-4-8-14-28/h4-18,31-38,40H,3,19-27H2,1-2H3/t31-,32-,33-,34+,35-,36+,37+,38+,40-,41-/m0/s1. The Morgan fingerprint density at radius 3 is 1.96 bits per heavy atom. The summed E-state index contributed by atoms with van der Waals surface area (Å²) in [7, 11) is 0. The van der Waals surface area contributed by atoms with Gasteiger partial charge in [0.1, 0.15) is 12.2 Å². The van der Waals surface area contributed by atoms with Crippen molar-refractivity contribution < 1.29 is 42.7 Å². The number of fused-ring (bicyclic) bond motifs is 3. The summed E-state index contributed by atoms with van der Waals surface area (Å²) in [6.45, 7) is 6.08. The fourth-order valence-corrected chi connectivity index (χ4v) is 7.94. The molecule has 0 amide bonds. The molecule has 0 bridgehead atoms. The fraction of sp³-hybridized carbons (Fsp3) is 0.537. The molecule has 0 unspecified atom stereocenters. The van der Waals surface area contributed by atoms with Crippen LogP contribution in [0.4, 0.5) is 0 Å². The van der Waals surface area contributed by atoms with Crippen LogP contribution in [0.2, 0.25) is 0 Å². The summed E-state index contributed by atoms with van der Waals surface area (Å²) in [6.07, 6.45) is 0.360. The zero-order valence-electron chi connectivity index (χ0n) is 29.1. The van der Waals surface area contributed by atoms with Crippen molar-refractivity contribution in [3.8, 4) is 0 Å². The maximum atomic E-state index is 12.4. The van der Waals surface area contributed by atoms with Gasteiger partial charge in [-0.2, -0.15) is 0 Å². The van der Waals surface area contributed by atoms with Gasteiger partial charge in [0.25, 0.3) is 0 Å². The topological polar surface area (TPSA) is 90.9 Å². The Morgan fingerprint density at radius 1 is 0.720 bits per heavy atom. The van der Waals surface area contributed by atoms with E-state index in [4.69, 9.17) is 37.9 Å². The highest BCUT2D eigenvalue weighted by atomic mass is 16.6. The van der Waals surface area contributed by atoms with Gasteiger partial charge in [-0.1, -0.05) is 91.0 Å². The molecule has 0 radical (unpaired) electrons. The van der Waals surface area contributed by atoms with Crippen LogP contribution >= 0.6 is 0 Å². The molecule has 10 atom stereocenters. The van der Waals surface area contributed by atoms with Crippen molar-refractivity contribution >= 4 is 5.97 Å². The van der Waals surface area contributed by atoms with Crippen molar-refractivity contribution in [3.63, 3.8) is 0 Å². The Bertz CT molecular complexity index is 1490. The maximum absolute atomic E-state index is 12.4. The molecule has 0 saturated carbocycles. The van der Waals surface area contributed by atoms with Crippen molar-refractivity contribution in [3.05, 3.63) is 108 Å². The first kappa shape index (κ1) is 35.3. The molecule has 4 heterocycles. The second-order valence-electron chi connectivity index (χ2n) is 14.2. The molecule has 0 N–H and O–H groups in total. The molecule has 3 aromatic rings. The van der Waals surface area contributed by atoms with E-state index < -0.39 is 5.60 Å². The second-order valence-corrected chi connectivity index (χ2v) is 14.2. The van der Waals surface area contributed by atoms with Gasteiger partial charge in [-0.05, 0) is 30.5 Å². The minimum atomic E-state index is -0.616. The molecule has 7 rings (SSSR count). The van der Waals surface area contributed by atoms with Crippen molar-refractivity contribution in [1.29, 1.82) is 0 Å². The summed E-state index contributed by atoms with van der Waals surface area (Å²) in [4.78, 5) is 12.4. The smallest absolute Gasteiger partial charge is 0.308 e. The van der Waals surface area contributed by atoms with E-state index in [-0.39, 0.29) is 67.3 Å². The number of hydrogen-bond donors (Lipinski definition) is 0. The second kappa shape index (κ2) is 16.5. The summed E-state index contributed by atoms with van der Waals surface area (Å²) < 4.78 is 52.1. The maximum Gasteiger partial charge on any atom is 0.308 e. The largest absolute Gasteiger partial charge is 0.466 e. The van der Waals surface area contributed by atoms with Crippen LogP contribution in [0.25, 0.3) is 0 Å². The first-order chi connectivity index (χ1) is 24.5. The van der Waals surface area contributed by atoms with Crippen LogP contribution in [0.3, 0.4) is 0 Å². The lowest BCUT2D eigenvalue weighted by atomic mass is 9.88. The third kappa shape index (κ3) is 8.65. The molecule has 268 valence electrons. The molecule has 4 aliphatic rings. The summed E-state index contributed by atoms with van der Waals surface area (Å²) in [5, 5.41) is 0. The lowest BCUT2D eigenvalue weighted by molar-refractivity contribution is -0.283. The van der Waals surface area contributed by atoms with Crippen LogP contribution in [0.1, 0.15) is 62.6 Å². The third-order valence-electron chi connectivity index (χ3n) is 10.4. The quantitative estimate of drug-likeness (QED) is 0.191. The molecule has 4 fully saturated rings. The van der Waals surface area contributed by atoms with Gasteiger partial charge in [0.2, 0.25) is 0 Å². The molecule has 0 aromatic heterocycles. The van der Waals surface area contributed by atoms with Crippen molar-refractivity contribution in [2.75, 3.05) is 13.2 Å². The van der Waals surface area contributed by atoms with Crippen LogP contribution in [-0.4, -0.2) is 79.7 Å². The molecule has 4 aliphatic heterocycles. The van der Waals surface area contributed by atoms with E-state index in [1.165, 1.54) is 0 Å². The summed E-state index contributed by atoms with van der Waals surface area (Å²) >= 11 is 0. The van der Waals surface area contributed by atoms with E-state index in [1.807, 2.05) is 61.5 Å². The zero-order chi connectivity index (χ0) is 34.3. The number of carbonyl (C=O) groups is 1. The Labute approximate surface area is 295 Å². The van der Waals surface area contributed by atoms with Gasteiger partial charge in [-0.25, -0.2) is 0 Å². The number of carbonyl (C=O) groups excluding carboxylic acids is 1. The number of benzene rings is 3. The molecule has 3 aromatic carbocycles. The van der Waals surface area contributed by atoms with Gasteiger partial charge in [-0.15, -0.1) is 0 Å². The molecular weight excluding hydrogens is 636 g/mol. The average Bonchev–Trinajstić information content (AvgIpc) is 3.37. The van der Waals surface area contributed by atoms with E-state index in [0.29, 0.717) is 58.7 Å². The van der Waals surface area contributed by atoms with Gasteiger partial charge in [0.15, 0.2) is 0 Å². The van der Waals surface area contributed by atoms with Crippen LogP contribution in [-0.2, 0) is 62.5 Å². The summed E-state index contributed by atoms with van der Waals surface area (Å²) in [5.41, 5.74) is 2.70. The zero-order valence-corrected chi connectivity index (χ0v) is 29.1. The Balaban J connectivity index is 1.09. The first-order valence-electron chi connectivity index (χ1n) is 18.2. The molecule has 0 aliphatic carbocycles. The lowest BCUT2D eigenvalue weighted by Gasteiger charge is -2.49. The van der Waals surface area contributed by atoms with Crippen molar-refractivity contribution in [1.82, 2.24) is 0 Å². The van der Waals surface area contributed by atoms with Crippen LogP contribution in [0.5, 0.6) is 0 Å². The fourth-order valence-electron chi connectivity index (χ4n) is 7.94. The normalized spacial score (nSPS) is 33.4. The Morgan fingerprint density at radius 2 is 1.32 bits per heavy atom. The van der Waals surface area contributed by atoms with E-state index in [9.17, 15) is 4.79 Å². The van der Waals surface area contributed by atoms with E-state index in [2.05, 4.69) is 43.3 Å². The van der Waals surface area contributed by atoms with Gasteiger partial charge in [0.05, 0.1) is 87.8 Å². The number of esters is 1. The van der Waals surface area contributed by atoms with E-state index >= 15 is 0 Å². The van der Waals surface area contributed by atoms with Crippen LogP contribution in [0, 0.1) is 0 Å². The molecule has 4 saturated heterocycles. The van der Waals surface area contributed by atoms with E-state index in [0.717, 1.165) is 16.7 Å². The predicted octanol–water partition coefficient (Wildman–Crippen LogP) is 6.35. The highest BCUT2D eigenvalue weighted by molar-refractivity contribution is 5.70. The number of hydrogen-bond acceptors (Lipinski definition) is 9. The Kier molecular flexibility index (Phi) is 11.6.